The van der Waals surface area contributed by atoms with E-state index in [4.69, 9.17) is 60.9 Å². The van der Waals surface area contributed by atoms with Crippen molar-refractivity contribution >= 4 is 23.9 Å². The first-order valence-electron chi connectivity index (χ1n) is 6.18. The summed E-state index contributed by atoms with van der Waals surface area (Å²) in [6.45, 7) is 4.97. The summed E-state index contributed by atoms with van der Waals surface area (Å²) in [7, 11) is 0. The summed E-state index contributed by atoms with van der Waals surface area (Å²) in [5.41, 5.74) is 10.2. The number of nitrogens with two attached hydrogens (primary N) is 2. The number of ether oxygens (including phenoxy) is 1. The molecule has 0 aliphatic carbocycles. The molecule has 12 nitrogen and oxygen atoms in total. The largest absolute Gasteiger partial charge is 0.481 e. The Morgan fingerprint density at radius 2 is 1.00 bits per heavy atom. The fraction of sp³-hybridized carbons (Fsp3) is 0.667. The van der Waals surface area contributed by atoms with Crippen LogP contribution in [0.3, 0.4) is 0 Å². The molecule has 0 aromatic carbocycles. The van der Waals surface area contributed by atoms with Gasteiger partial charge in [-0.25, -0.2) is 0 Å². The first kappa shape index (κ1) is 33.4. The van der Waals surface area contributed by atoms with Gasteiger partial charge in [0, 0.05) is 27.7 Å². The molecule has 9 N–H and O–H groups in total. The van der Waals surface area contributed by atoms with Gasteiger partial charge in [-0.15, -0.1) is 0 Å². The van der Waals surface area contributed by atoms with E-state index in [2.05, 4.69) is 0 Å². The van der Waals surface area contributed by atoms with Crippen molar-refractivity contribution < 1.29 is 49.4 Å². The lowest BCUT2D eigenvalue weighted by atomic mass is 10.6. The van der Waals surface area contributed by atoms with E-state index in [1.165, 1.54) is 0 Å². The summed E-state index contributed by atoms with van der Waals surface area (Å²) in [4.78, 5) is 36.0. The molecule has 0 aliphatic rings. The highest BCUT2D eigenvalue weighted by Gasteiger charge is 1.90. The molecule has 146 valence electrons. The summed E-state index contributed by atoms with van der Waals surface area (Å²) in [5.74, 6) is -3.33. The predicted molar refractivity (Wildman–Crippen MR) is 83.3 cm³/mol. The monoisotopic (exact) mass is 360 g/mol. The average molecular weight is 360 g/mol. The molecule has 0 aromatic heterocycles. The first-order valence-corrected chi connectivity index (χ1v) is 6.18. The highest BCUT2D eigenvalue weighted by Crippen LogP contribution is 1.71. The predicted octanol–water partition coefficient (Wildman–Crippen LogP) is -1.40. The van der Waals surface area contributed by atoms with Gasteiger partial charge in [-0.05, 0) is 0 Å². The van der Waals surface area contributed by atoms with E-state index in [0.29, 0.717) is 13.2 Å². The SMILES string of the molecule is CC(=O)O.CC(=O)O.CC(=O)O.CC(=O)O.NC(N)COCCO. The number of aliphatic hydroxyl groups is 1. The van der Waals surface area contributed by atoms with Gasteiger partial charge < -0.3 is 41.7 Å². The molecular formula is C12H28N2O10. The summed E-state index contributed by atoms with van der Waals surface area (Å²) >= 11 is 0. The molecule has 24 heavy (non-hydrogen) atoms. The van der Waals surface area contributed by atoms with E-state index < -0.39 is 30.0 Å². The second-order valence-corrected chi connectivity index (χ2v) is 3.54. The topological polar surface area (TPSA) is 231 Å². The van der Waals surface area contributed by atoms with Crippen molar-refractivity contribution in [2.75, 3.05) is 19.8 Å². The molecule has 0 atom stereocenters. The number of rotatable bonds is 4. The van der Waals surface area contributed by atoms with Gasteiger partial charge in [0.15, 0.2) is 0 Å². The van der Waals surface area contributed by atoms with Gasteiger partial charge in [0.2, 0.25) is 0 Å². The van der Waals surface area contributed by atoms with Gasteiger partial charge in [0.25, 0.3) is 23.9 Å². The number of hydrogen-bond acceptors (Lipinski definition) is 8. The zero-order valence-corrected chi connectivity index (χ0v) is 14.1. The van der Waals surface area contributed by atoms with Crippen LogP contribution in [-0.2, 0) is 23.9 Å². The van der Waals surface area contributed by atoms with Crippen LogP contribution in [0.5, 0.6) is 0 Å². The Balaban J connectivity index is -0.0000000657. The summed E-state index contributed by atoms with van der Waals surface area (Å²) in [6, 6.07) is 0. The van der Waals surface area contributed by atoms with Gasteiger partial charge >= 0.3 is 0 Å². The van der Waals surface area contributed by atoms with E-state index in [1.54, 1.807) is 0 Å². The molecule has 0 aromatic rings. The number of aliphatic carboxylic acids is 4. The van der Waals surface area contributed by atoms with Crippen LogP contribution in [-0.4, -0.2) is 75.4 Å². The Bertz CT molecular complexity index is 257. The minimum atomic E-state index is -0.833. The van der Waals surface area contributed by atoms with Crippen LogP contribution in [0, 0.1) is 0 Å². The van der Waals surface area contributed by atoms with Crippen molar-refractivity contribution in [1.29, 1.82) is 0 Å². The molecular weight excluding hydrogens is 332 g/mol. The van der Waals surface area contributed by atoms with Gasteiger partial charge in [-0.1, -0.05) is 0 Å². The van der Waals surface area contributed by atoms with Gasteiger partial charge in [0.1, 0.15) is 0 Å². The molecule has 0 amide bonds. The maximum absolute atomic E-state index is 9.00. The van der Waals surface area contributed by atoms with Crippen LogP contribution in [0.2, 0.25) is 0 Å². The minimum Gasteiger partial charge on any atom is -0.481 e. The Kier molecular flexibility index (Phi) is 40.1. The maximum Gasteiger partial charge on any atom is 0.300 e. The third kappa shape index (κ3) is 934. The van der Waals surface area contributed by atoms with Crippen LogP contribution in [0.15, 0.2) is 0 Å². The normalized spacial score (nSPS) is 7.67. The second kappa shape index (κ2) is 28.8. The summed E-state index contributed by atoms with van der Waals surface area (Å²) in [6.07, 6.45) is -0.429. The van der Waals surface area contributed by atoms with Gasteiger partial charge in [-0.2, -0.15) is 0 Å². The molecule has 0 saturated carbocycles. The molecule has 0 spiro atoms. The molecule has 0 heterocycles. The summed E-state index contributed by atoms with van der Waals surface area (Å²) in [5, 5.41) is 37.8. The molecule has 0 unspecified atom stereocenters. The van der Waals surface area contributed by atoms with E-state index in [-0.39, 0.29) is 6.61 Å². The minimum absolute atomic E-state index is 0.0206. The lowest BCUT2D eigenvalue weighted by molar-refractivity contribution is -0.135. The van der Waals surface area contributed by atoms with Crippen LogP contribution in [0.25, 0.3) is 0 Å². The Labute approximate surface area is 139 Å². The van der Waals surface area contributed by atoms with Crippen molar-refractivity contribution in [2.45, 2.75) is 33.9 Å². The number of carboxylic acid groups (broad SMARTS) is 4. The average Bonchev–Trinajstić information content (AvgIpc) is 2.25. The Morgan fingerprint density at radius 1 is 0.792 bits per heavy atom. The van der Waals surface area contributed by atoms with Crippen molar-refractivity contribution in [3.63, 3.8) is 0 Å². The number of aliphatic hydroxyl groups excluding tert-OH is 1. The van der Waals surface area contributed by atoms with E-state index in [0.717, 1.165) is 27.7 Å². The Hall–Kier alpha value is -2.28. The number of hydrogen-bond donors (Lipinski definition) is 7. The molecule has 0 radical (unpaired) electrons. The van der Waals surface area contributed by atoms with E-state index >= 15 is 0 Å². The van der Waals surface area contributed by atoms with Crippen molar-refractivity contribution in [2.24, 2.45) is 11.5 Å². The van der Waals surface area contributed by atoms with Crippen molar-refractivity contribution in [1.82, 2.24) is 0 Å². The zero-order valence-electron chi connectivity index (χ0n) is 14.1. The van der Waals surface area contributed by atoms with Gasteiger partial charge in [-0.3, -0.25) is 19.2 Å². The van der Waals surface area contributed by atoms with Gasteiger partial charge in [0.05, 0.1) is 26.0 Å². The highest BCUT2D eigenvalue weighted by atomic mass is 16.5. The molecule has 0 rings (SSSR count). The van der Waals surface area contributed by atoms with Crippen LogP contribution in [0.1, 0.15) is 27.7 Å². The van der Waals surface area contributed by atoms with Crippen molar-refractivity contribution in [3.8, 4) is 0 Å². The quantitative estimate of drug-likeness (QED) is 0.226. The van der Waals surface area contributed by atoms with Crippen LogP contribution < -0.4 is 11.5 Å². The van der Waals surface area contributed by atoms with Crippen LogP contribution in [0.4, 0.5) is 0 Å². The smallest absolute Gasteiger partial charge is 0.300 e. The second-order valence-electron chi connectivity index (χ2n) is 3.54. The number of carboxylic acids is 4. The molecule has 0 fully saturated rings. The Morgan fingerprint density at radius 3 is 1.12 bits per heavy atom. The lowest BCUT2D eigenvalue weighted by Crippen LogP contribution is -2.35. The number of carbonyl (C=O) groups is 4. The molecule has 0 aliphatic heterocycles. The fourth-order valence-electron chi connectivity index (χ4n) is 0.284. The van der Waals surface area contributed by atoms with Crippen LogP contribution >= 0.6 is 0 Å². The van der Waals surface area contributed by atoms with Crippen molar-refractivity contribution in [3.05, 3.63) is 0 Å². The zero-order chi connectivity index (χ0) is 20.7. The highest BCUT2D eigenvalue weighted by molar-refractivity contribution is 5.63. The van der Waals surface area contributed by atoms with E-state index in [1.807, 2.05) is 0 Å². The molecule has 0 bridgehead atoms. The third-order valence-corrected chi connectivity index (χ3v) is 0.546. The fourth-order valence-corrected chi connectivity index (χ4v) is 0.284. The molecule has 12 heteroatoms. The molecule has 0 saturated heterocycles. The maximum atomic E-state index is 9.00. The first-order chi connectivity index (χ1) is 10.7. The lowest BCUT2D eigenvalue weighted by Gasteiger charge is -2.03. The summed E-state index contributed by atoms with van der Waals surface area (Å²) < 4.78 is 4.74. The third-order valence-electron chi connectivity index (χ3n) is 0.546. The standard InChI is InChI=1S/C4H12N2O2.4C2H4O2/c5-4(6)3-8-2-1-7;4*1-2(3)4/h4,7H,1-3,5-6H2;4*1H3,(H,3,4). The van der Waals surface area contributed by atoms with E-state index in [9.17, 15) is 0 Å².